The maximum atomic E-state index is 12.4. The Labute approximate surface area is 148 Å². The van der Waals surface area contributed by atoms with Crippen LogP contribution in [0.1, 0.15) is 41.6 Å². The number of methoxy groups -OCH3 is 2. The zero-order chi connectivity index (χ0) is 19.3. The van der Waals surface area contributed by atoms with Gasteiger partial charge in [0.05, 0.1) is 36.6 Å². The van der Waals surface area contributed by atoms with Crippen LogP contribution in [0.2, 0.25) is 0 Å². The molecule has 26 heavy (non-hydrogen) atoms. The van der Waals surface area contributed by atoms with Crippen molar-refractivity contribution in [3.05, 3.63) is 58.9 Å². The molecule has 2 rings (SSSR count). The second kappa shape index (κ2) is 7.88. The highest BCUT2D eigenvalue weighted by Gasteiger charge is 2.18. The van der Waals surface area contributed by atoms with E-state index in [1.165, 1.54) is 44.6 Å². The van der Waals surface area contributed by atoms with Crippen LogP contribution in [0, 0.1) is 0 Å². The van der Waals surface area contributed by atoms with Crippen LogP contribution in [0.5, 0.6) is 0 Å². The van der Waals surface area contributed by atoms with Gasteiger partial charge in [-0.1, -0.05) is 0 Å². The van der Waals surface area contributed by atoms with E-state index in [9.17, 15) is 19.2 Å². The summed E-state index contributed by atoms with van der Waals surface area (Å²) in [6.45, 7) is 0. The first-order valence-corrected chi connectivity index (χ1v) is 7.25. The summed E-state index contributed by atoms with van der Waals surface area (Å²) < 4.78 is 9.28. The Balaban J connectivity index is 2.35. The summed E-state index contributed by atoms with van der Waals surface area (Å²) in [5, 5.41) is 2.51. The number of primary amides is 1. The number of nitrogens with two attached hydrogens (primary N) is 1. The quantitative estimate of drug-likeness (QED) is 0.761. The molecule has 2 amide bonds. The van der Waals surface area contributed by atoms with Gasteiger partial charge >= 0.3 is 11.9 Å². The molecule has 0 fully saturated rings. The SMILES string of the molecule is COC(=O)c1ccc(C(=O)OC)c(NC(=O)c2ccc(C(N)=O)nc2)c1. The van der Waals surface area contributed by atoms with Gasteiger partial charge in [0.15, 0.2) is 0 Å². The normalized spacial score (nSPS) is 9.92. The van der Waals surface area contributed by atoms with E-state index in [1.54, 1.807) is 0 Å². The molecule has 0 bridgehead atoms. The minimum atomic E-state index is -0.726. The Morgan fingerprint density at radius 3 is 2.15 bits per heavy atom. The average molecular weight is 357 g/mol. The summed E-state index contributed by atoms with van der Waals surface area (Å²) in [4.78, 5) is 50.7. The van der Waals surface area contributed by atoms with Gasteiger partial charge < -0.3 is 20.5 Å². The topological polar surface area (TPSA) is 138 Å². The van der Waals surface area contributed by atoms with Gasteiger partial charge in [0, 0.05) is 6.20 Å². The lowest BCUT2D eigenvalue weighted by molar-refractivity contribution is 0.0587. The molecule has 0 saturated carbocycles. The molecule has 9 heteroatoms. The molecule has 1 aromatic carbocycles. The summed E-state index contributed by atoms with van der Waals surface area (Å²) in [5.41, 5.74) is 5.46. The molecule has 3 N–H and O–H groups in total. The summed E-state index contributed by atoms with van der Waals surface area (Å²) in [7, 11) is 2.40. The van der Waals surface area contributed by atoms with Crippen molar-refractivity contribution in [3.63, 3.8) is 0 Å². The van der Waals surface area contributed by atoms with E-state index >= 15 is 0 Å². The van der Waals surface area contributed by atoms with Gasteiger partial charge in [0.25, 0.3) is 11.8 Å². The minimum Gasteiger partial charge on any atom is -0.465 e. The number of anilines is 1. The van der Waals surface area contributed by atoms with Gasteiger partial charge in [0.2, 0.25) is 0 Å². The fraction of sp³-hybridized carbons (Fsp3) is 0.118. The van der Waals surface area contributed by atoms with Crippen molar-refractivity contribution in [2.75, 3.05) is 19.5 Å². The number of ether oxygens (including phenoxy) is 2. The lowest BCUT2D eigenvalue weighted by atomic mass is 10.1. The van der Waals surface area contributed by atoms with Crippen molar-refractivity contribution < 1.29 is 28.7 Å². The van der Waals surface area contributed by atoms with Gasteiger partial charge in [-0.25, -0.2) is 9.59 Å². The number of pyridine rings is 1. The van der Waals surface area contributed by atoms with Crippen LogP contribution in [-0.4, -0.2) is 43.0 Å². The fourth-order valence-electron chi connectivity index (χ4n) is 2.05. The first kappa shape index (κ1) is 18.6. The van der Waals surface area contributed by atoms with Crippen LogP contribution in [0.3, 0.4) is 0 Å². The Hall–Kier alpha value is -3.75. The lowest BCUT2D eigenvalue weighted by Gasteiger charge is -2.11. The molecule has 0 aliphatic heterocycles. The molecule has 1 heterocycles. The molecule has 1 aromatic heterocycles. The molecule has 0 aliphatic rings. The maximum absolute atomic E-state index is 12.4. The number of hydrogen-bond acceptors (Lipinski definition) is 7. The largest absolute Gasteiger partial charge is 0.465 e. The summed E-state index contributed by atoms with van der Waals surface area (Å²) in [6.07, 6.45) is 1.16. The Morgan fingerprint density at radius 1 is 0.962 bits per heavy atom. The highest BCUT2D eigenvalue weighted by atomic mass is 16.5. The first-order chi connectivity index (χ1) is 12.4. The average Bonchev–Trinajstić information content (AvgIpc) is 2.66. The third kappa shape index (κ3) is 4.01. The zero-order valence-electron chi connectivity index (χ0n) is 13.9. The molecule has 0 atom stereocenters. The highest BCUT2D eigenvalue weighted by Crippen LogP contribution is 2.20. The number of rotatable bonds is 5. The number of carbonyl (C=O) groups is 4. The number of nitrogens with one attached hydrogen (secondary N) is 1. The Morgan fingerprint density at radius 2 is 1.62 bits per heavy atom. The summed E-state index contributed by atoms with van der Waals surface area (Å²) in [5.74, 6) is -2.67. The highest BCUT2D eigenvalue weighted by molar-refractivity contribution is 6.09. The van der Waals surface area contributed by atoms with Gasteiger partial charge in [0.1, 0.15) is 5.69 Å². The predicted molar refractivity (Wildman–Crippen MR) is 89.8 cm³/mol. The smallest absolute Gasteiger partial charge is 0.339 e. The van der Waals surface area contributed by atoms with E-state index in [0.717, 1.165) is 6.20 Å². The second-order valence-electron chi connectivity index (χ2n) is 4.99. The molecule has 0 radical (unpaired) electrons. The fourth-order valence-corrected chi connectivity index (χ4v) is 2.05. The van der Waals surface area contributed by atoms with Gasteiger partial charge in [-0.05, 0) is 30.3 Å². The van der Waals surface area contributed by atoms with E-state index in [2.05, 4.69) is 19.8 Å². The predicted octanol–water partition coefficient (Wildman–Crippen LogP) is 1.01. The van der Waals surface area contributed by atoms with Gasteiger partial charge in [-0.15, -0.1) is 0 Å². The molecular weight excluding hydrogens is 342 g/mol. The Kier molecular flexibility index (Phi) is 5.63. The molecule has 134 valence electrons. The third-order valence-electron chi connectivity index (χ3n) is 3.37. The van der Waals surface area contributed by atoms with E-state index in [1.807, 2.05) is 0 Å². The number of benzene rings is 1. The number of esters is 2. The van der Waals surface area contributed by atoms with E-state index in [4.69, 9.17) is 5.73 Å². The number of nitrogens with zero attached hydrogens (tertiary/aromatic N) is 1. The number of amides is 2. The monoisotopic (exact) mass is 357 g/mol. The number of carbonyl (C=O) groups excluding carboxylic acids is 4. The lowest BCUT2D eigenvalue weighted by Crippen LogP contribution is -2.18. The summed E-state index contributed by atoms with van der Waals surface area (Å²) >= 11 is 0. The first-order valence-electron chi connectivity index (χ1n) is 7.25. The van der Waals surface area contributed by atoms with Crippen molar-refractivity contribution >= 4 is 29.4 Å². The van der Waals surface area contributed by atoms with Crippen molar-refractivity contribution in [3.8, 4) is 0 Å². The van der Waals surface area contributed by atoms with Gasteiger partial charge in [-0.2, -0.15) is 0 Å². The van der Waals surface area contributed by atoms with Crippen LogP contribution < -0.4 is 11.1 Å². The van der Waals surface area contributed by atoms with Crippen molar-refractivity contribution in [2.45, 2.75) is 0 Å². The zero-order valence-corrected chi connectivity index (χ0v) is 13.9. The van der Waals surface area contributed by atoms with Crippen molar-refractivity contribution in [1.29, 1.82) is 0 Å². The molecule has 2 aromatic rings. The van der Waals surface area contributed by atoms with Crippen molar-refractivity contribution in [2.24, 2.45) is 5.73 Å². The van der Waals surface area contributed by atoms with Crippen LogP contribution in [0.4, 0.5) is 5.69 Å². The van der Waals surface area contributed by atoms with E-state index in [-0.39, 0.29) is 28.1 Å². The van der Waals surface area contributed by atoms with Crippen molar-refractivity contribution in [1.82, 2.24) is 4.98 Å². The maximum Gasteiger partial charge on any atom is 0.339 e. The van der Waals surface area contributed by atoms with Crippen LogP contribution >= 0.6 is 0 Å². The van der Waals surface area contributed by atoms with E-state index in [0.29, 0.717) is 0 Å². The standard InChI is InChI=1S/C17H15N3O6/c1-25-16(23)9-3-5-11(17(24)26-2)13(7-9)20-15(22)10-4-6-12(14(18)21)19-8-10/h3-8H,1-2H3,(H2,18,21)(H,20,22). The van der Waals surface area contributed by atoms with Crippen LogP contribution in [0.15, 0.2) is 36.5 Å². The summed E-state index contributed by atoms with van der Waals surface area (Å²) in [6, 6.07) is 6.65. The molecule has 0 saturated heterocycles. The molecule has 0 aliphatic carbocycles. The number of aromatic nitrogens is 1. The Bertz CT molecular complexity index is 877. The van der Waals surface area contributed by atoms with Crippen LogP contribution in [-0.2, 0) is 9.47 Å². The van der Waals surface area contributed by atoms with Gasteiger partial charge in [-0.3, -0.25) is 14.6 Å². The van der Waals surface area contributed by atoms with E-state index < -0.39 is 23.8 Å². The third-order valence-corrected chi connectivity index (χ3v) is 3.37. The minimum absolute atomic E-state index is 0.00416. The molecule has 0 spiro atoms. The second-order valence-corrected chi connectivity index (χ2v) is 4.99. The van der Waals surface area contributed by atoms with Crippen LogP contribution in [0.25, 0.3) is 0 Å². The molecule has 9 nitrogen and oxygen atoms in total. The molecular formula is C17H15N3O6. The number of hydrogen-bond donors (Lipinski definition) is 2. The molecule has 0 unspecified atom stereocenters.